The highest BCUT2D eigenvalue weighted by Crippen LogP contribution is 2.36. The summed E-state index contributed by atoms with van der Waals surface area (Å²) in [6.45, 7) is 4.19. The maximum absolute atomic E-state index is 13.0. The topological polar surface area (TPSA) is 107 Å². The molecule has 3 N–H and O–H groups in total. The van der Waals surface area contributed by atoms with Crippen LogP contribution in [0.25, 0.3) is 10.2 Å². The van der Waals surface area contributed by atoms with Crippen LogP contribution in [0.1, 0.15) is 37.1 Å². The first-order valence-corrected chi connectivity index (χ1v) is 9.94. The van der Waals surface area contributed by atoms with Crippen LogP contribution >= 0.6 is 23.1 Å². The van der Waals surface area contributed by atoms with Crippen LogP contribution in [0, 0.1) is 0 Å². The van der Waals surface area contributed by atoms with Crippen LogP contribution in [0.2, 0.25) is 0 Å². The van der Waals surface area contributed by atoms with Gasteiger partial charge in [-0.05, 0) is 38.2 Å². The first kappa shape index (κ1) is 17.9. The Morgan fingerprint density at radius 3 is 2.88 bits per heavy atom. The predicted molar refractivity (Wildman–Crippen MR) is 99.2 cm³/mol. The molecule has 1 aliphatic rings. The smallest absolute Gasteiger partial charge is 0.318 e. The number of hydrogen-bond donors (Lipinski definition) is 2. The summed E-state index contributed by atoms with van der Waals surface area (Å²) >= 11 is 2.74. The third kappa shape index (κ3) is 3.43. The van der Waals surface area contributed by atoms with Crippen molar-refractivity contribution >= 4 is 45.3 Å². The second kappa shape index (κ2) is 7.17. The molecule has 0 fully saturated rings. The van der Waals surface area contributed by atoms with Gasteiger partial charge in [-0.15, -0.1) is 11.3 Å². The van der Waals surface area contributed by atoms with Gasteiger partial charge >= 0.3 is 6.03 Å². The molecule has 0 saturated carbocycles. The van der Waals surface area contributed by atoms with Crippen LogP contribution in [0.5, 0.6) is 0 Å². The summed E-state index contributed by atoms with van der Waals surface area (Å²) in [6.07, 6.45) is 3.81. The normalized spacial score (nSPS) is 14.5. The van der Waals surface area contributed by atoms with Crippen LogP contribution < -0.4 is 16.6 Å². The average Bonchev–Trinajstić information content (AvgIpc) is 3.10. The van der Waals surface area contributed by atoms with Gasteiger partial charge in [-0.2, -0.15) is 0 Å². The number of aromatic nitrogens is 2. The lowest BCUT2D eigenvalue weighted by atomic mass is 10.2. The van der Waals surface area contributed by atoms with E-state index < -0.39 is 17.2 Å². The van der Waals surface area contributed by atoms with Crippen molar-refractivity contribution in [3.05, 3.63) is 20.8 Å². The van der Waals surface area contributed by atoms with Gasteiger partial charge in [0.2, 0.25) is 5.91 Å². The quantitative estimate of drug-likeness (QED) is 0.610. The Balaban J connectivity index is 2.02. The van der Waals surface area contributed by atoms with Gasteiger partial charge in [-0.25, -0.2) is 9.78 Å². The molecular weight excluding hydrogens is 360 g/mol. The third-order valence-corrected chi connectivity index (χ3v) is 6.41. The molecule has 3 amide bonds. The molecule has 0 bridgehead atoms. The molecule has 9 heteroatoms. The molecule has 2 heterocycles. The number of thiophene rings is 1. The summed E-state index contributed by atoms with van der Waals surface area (Å²) < 4.78 is 1.65. The number of amides is 3. The minimum Gasteiger partial charge on any atom is -0.351 e. The minimum atomic E-state index is -0.888. The highest BCUT2D eigenvalue weighted by Gasteiger charge is 2.25. The molecule has 7 nitrogen and oxygen atoms in total. The molecular formula is C16H20N4O3S2. The van der Waals surface area contributed by atoms with Crippen molar-refractivity contribution in [3.63, 3.8) is 0 Å². The Bertz CT molecular complexity index is 903. The van der Waals surface area contributed by atoms with Crippen molar-refractivity contribution in [2.24, 2.45) is 5.73 Å². The summed E-state index contributed by atoms with van der Waals surface area (Å²) in [7, 11) is 0. The number of fused-ring (bicyclic) bond motifs is 3. The van der Waals surface area contributed by atoms with Crippen LogP contribution in [-0.2, 0) is 24.2 Å². The van der Waals surface area contributed by atoms with Gasteiger partial charge in [0.15, 0.2) is 5.16 Å². The fourth-order valence-electron chi connectivity index (χ4n) is 3.00. The van der Waals surface area contributed by atoms with E-state index in [2.05, 4.69) is 10.3 Å². The molecule has 0 aromatic carbocycles. The lowest BCUT2D eigenvalue weighted by Crippen LogP contribution is -2.39. The number of aryl methyl sites for hydroxylation is 2. The Kier molecular flexibility index (Phi) is 5.14. The number of primary amides is 1. The Hall–Kier alpha value is -1.87. The maximum Gasteiger partial charge on any atom is 0.318 e. The summed E-state index contributed by atoms with van der Waals surface area (Å²) in [5, 5.41) is 2.72. The molecule has 25 heavy (non-hydrogen) atoms. The summed E-state index contributed by atoms with van der Waals surface area (Å²) in [5.41, 5.74) is 6.11. The lowest BCUT2D eigenvalue weighted by molar-refractivity contribution is -0.119. The zero-order chi connectivity index (χ0) is 18.1. The number of thioether (sulfide) groups is 1. The molecule has 0 unspecified atom stereocenters. The Labute approximate surface area is 153 Å². The molecule has 0 aliphatic heterocycles. The van der Waals surface area contributed by atoms with E-state index in [-0.39, 0.29) is 5.56 Å². The fourth-order valence-corrected chi connectivity index (χ4v) is 5.24. The van der Waals surface area contributed by atoms with Gasteiger partial charge in [0, 0.05) is 11.4 Å². The van der Waals surface area contributed by atoms with E-state index in [1.807, 2.05) is 6.92 Å². The maximum atomic E-state index is 13.0. The number of urea groups is 1. The van der Waals surface area contributed by atoms with Crippen molar-refractivity contribution in [2.75, 3.05) is 0 Å². The number of nitrogens with one attached hydrogen (secondary N) is 1. The first-order valence-electron chi connectivity index (χ1n) is 8.24. The molecule has 0 saturated heterocycles. The second-order valence-electron chi connectivity index (χ2n) is 6.00. The monoisotopic (exact) mass is 380 g/mol. The van der Waals surface area contributed by atoms with Crippen molar-refractivity contribution in [1.29, 1.82) is 0 Å². The average molecular weight is 380 g/mol. The van der Waals surface area contributed by atoms with Gasteiger partial charge in [-0.1, -0.05) is 18.7 Å². The summed E-state index contributed by atoms with van der Waals surface area (Å²) in [6, 6.07) is -0.888. The number of carbonyl (C=O) groups is 2. The van der Waals surface area contributed by atoms with Crippen LogP contribution in [-0.4, -0.2) is 26.7 Å². The molecule has 134 valence electrons. The van der Waals surface area contributed by atoms with Crippen molar-refractivity contribution in [2.45, 2.75) is 56.5 Å². The van der Waals surface area contributed by atoms with Gasteiger partial charge in [0.05, 0.1) is 10.6 Å². The molecule has 3 rings (SSSR count). The lowest BCUT2D eigenvalue weighted by Gasteiger charge is -2.14. The van der Waals surface area contributed by atoms with Gasteiger partial charge in [0.25, 0.3) is 5.56 Å². The number of hydrogen-bond acceptors (Lipinski definition) is 6. The molecule has 1 aliphatic carbocycles. The number of imide groups is 1. The van der Waals surface area contributed by atoms with Gasteiger partial charge in [-0.3, -0.25) is 19.5 Å². The van der Waals surface area contributed by atoms with E-state index in [1.54, 1.807) is 22.8 Å². The van der Waals surface area contributed by atoms with Crippen molar-refractivity contribution in [1.82, 2.24) is 14.9 Å². The predicted octanol–water partition coefficient (Wildman–Crippen LogP) is 2.03. The van der Waals surface area contributed by atoms with E-state index >= 15 is 0 Å². The highest BCUT2D eigenvalue weighted by atomic mass is 32.2. The van der Waals surface area contributed by atoms with E-state index in [4.69, 9.17) is 5.73 Å². The molecule has 2 aromatic heterocycles. The molecule has 0 radical (unpaired) electrons. The van der Waals surface area contributed by atoms with Gasteiger partial charge in [0.1, 0.15) is 4.83 Å². The van der Waals surface area contributed by atoms with E-state index in [9.17, 15) is 14.4 Å². The zero-order valence-corrected chi connectivity index (χ0v) is 15.8. The SMILES string of the molecule is CCCn1c(S[C@H](C)C(=O)NC(N)=O)nc2sc3c(c2c1=O)CCC3. The minimum absolute atomic E-state index is 0.0312. The molecule has 2 aromatic rings. The number of nitrogens with zero attached hydrogens (tertiary/aromatic N) is 2. The van der Waals surface area contributed by atoms with Crippen molar-refractivity contribution < 1.29 is 9.59 Å². The van der Waals surface area contributed by atoms with Crippen LogP contribution in [0.4, 0.5) is 4.79 Å². The van der Waals surface area contributed by atoms with Crippen LogP contribution in [0.15, 0.2) is 9.95 Å². The number of carbonyl (C=O) groups excluding carboxylic acids is 2. The van der Waals surface area contributed by atoms with Crippen molar-refractivity contribution in [3.8, 4) is 0 Å². The zero-order valence-electron chi connectivity index (χ0n) is 14.1. The molecule has 0 spiro atoms. The van der Waals surface area contributed by atoms with E-state index in [0.29, 0.717) is 11.7 Å². The van der Waals surface area contributed by atoms with Gasteiger partial charge < -0.3 is 5.73 Å². The fraction of sp³-hybridized carbons (Fsp3) is 0.500. The van der Waals surface area contributed by atoms with Crippen LogP contribution in [0.3, 0.4) is 0 Å². The number of nitrogens with two attached hydrogens (primary N) is 1. The van der Waals surface area contributed by atoms with E-state index in [1.165, 1.54) is 16.6 Å². The number of rotatable bonds is 5. The first-order chi connectivity index (χ1) is 11.9. The summed E-state index contributed by atoms with van der Waals surface area (Å²) in [4.78, 5) is 42.5. The highest BCUT2D eigenvalue weighted by molar-refractivity contribution is 8.00. The van der Waals surface area contributed by atoms with E-state index in [0.717, 1.165) is 41.5 Å². The summed E-state index contributed by atoms with van der Waals surface area (Å²) in [5.74, 6) is -0.497. The largest absolute Gasteiger partial charge is 0.351 e. The molecule has 1 atom stereocenters. The Morgan fingerprint density at radius 1 is 1.44 bits per heavy atom. The Morgan fingerprint density at radius 2 is 2.20 bits per heavy atom. The third-order valence-electron chi connectivity index (χ3n) is 4.13. The second-order valence-corrected chi connectivity index (χ2v) is 8.39. The standard InChI is InChI=1S/C16H20N4O3S2/c1-3-7-20-14(22)11-9-5-4-6-10(9)25-13(11)19-16(20)24-8(2)12(21)18-15(17)23/h8H,3-7H2,1-2H3,(H3,17,18,21,23)/t8-/m1/s1.